The van der Waals surface area contributed by atoms with Crippen molar-refractivity contribution >= 4 is 17.3 Å². The van der Waals surface area contributed by atoms with Gasteiger partial charge in [0.15, 0.2) is 6.61 Å². The molecular formula is C20H18N2O3. The number of nitrogens with one attached hydrogen (secondary N) is 1. The lowest BCUT2D eigenvalue weighted by Gasteiger charge is -2.12. The first-order chi connectivity index (χ1) is 12.2. The lowest BCUT2D eigenvalue weighted by Crippen LogP contribution is -2.20. The molecule has 0 unspecified atom stereocenters. The van der Waals surface area contributed by atoms with Gasteiger partial charge in [-0.3, -0.25) is 4.79 Å². The van der Waals surface area contributed by atoms with Gasteiger partial charge in [-0.25, -0.2) is 0 Å². The molecule has 0 aliphatic rings. The van der Waals surface area contributed by atoms with Crippen molar-refractivity contribution in [3.05, 3.63) is 78.9 Å². The molecule has 126 valence electrons. The zero-order valence-electron chi connectivity index (χ0n) is 13.5. The van der Waals surface area contributed by atoms with Gasteiger partial charge in [0.2, 0.25) is 0 Å². The van der Waals surface area contributed by atoms with Crippen LogP contribution in [0.2, 0.25) is 0 Å². The lowest BCUT2D eigenvalue weighted by atomic mass is 10.2. The largest absolute Gasteiger partial charge is 0.481 e. The number of benzene rings is 3. The Morgan fingerprint density at radius 3 is 2.28 bits per heavy atom. The third-order valence-electron chi connectivity index (χ3n) is 3.38. The van der Waals surface area contributed by atoms with Crippen LogP contribution in [0.15, 0.2) is 78.9 Å². The van der Waals surface area contributed by atoms with Crippen molar-refractivity contribution in [2.75, 3.05) is 17.7 Å². The standard InChI is InChI=1S/C20H18N2O3/c21-18-12-11-17(25-16-9-5-2-6-10-16)13-19(18)24-14-20(23)22-15-7-3-1-4-8-15/h1-13H,14,21H2,(H,22,23). The normalized spacial score (nSPS) is 10.1. The molecule has 0 saturated heterocycles. The van der Waals surface area contributed by atoms with Crippen LogP contribution in [0.4, 0.5) is 11.4 Å². The van der Waals surface area contributed by atoms with Crippen LogP contribution in [0.3, 0.4) is 0 Å². The van der Waals surface area contributed by atoms with Gasteiger partial charge < -0.3 is 20.5 Å². The molecule has 3 rings (SSSR count). The van der Waals surface area contributed by atoms with E-state index in [1.54, 1.807) is 30.3 Å². The van der Waals surface area contributed by atoms with Crippen LogP contribution in [0, 0.1) is 0 Å². The minimum atomic E-state index is -0.264. The highest BCUT2D eigenvalue weighted by Gasteiger charge is 2.08. The molecule has 0 atom stereocenters. The Morgan fingerprint density at radius 1 is 0.880 bits per heavy atom. The molecule has 3 aromatic carbocycles. The molecule has 0 saturated carbocycles. The first-order valence-electron chi connectivity index (χ1n) is 7.81. The van der Waals surface area contributed by atoms with Gasteiger partial charge in [-0.2, -0.15) is 0 Å². The zero-order chi connectivity index (χ0) is 17.5. The van der Waals surface area contributed by atoms with Gasteiger partial charge in [0, 0.05) is 11.8 Å². The fraction of sp³-hybridized carbons (Fsp3) is 0.0500. The number of carbonyl (C=O) groups excluding carboxylic acids is 1. The van der Waals surface area contributed by atoms with Crippen LogP contribution in [-0.4, -0.2) is 12.5 Å². The second kappa shape index (κ2) is 7.88. The molecule has 25 heavy (non-hydrogen) atoms. The molecule has 0 fully saturated rings. The van der Waals surface area contributed by atoms with E-state index in [1.165, 1.54) is 0 Å². The Morgan fingerprint density at radius 2 is 1.56 bits per heavy atom. The Labute approximate surface area is 146 Å². The van der Waals surface area contributed by atoms with Crippen molar-refractivity contribution in [3.8, 4) is 17.2 Å². The number of hydrogen-bond donors (Lipinski definition) is 2. The summed E-state index contributed by atoms with van der Waals surface area (Å²) < 4.78 is 11.3. The van der Waals surface area contributed by atoms with Crippen molar-refractivity contribution in [2.45, 2.75) is 0 Å². The number of nitrogens with two attached hydrogens (primary N) is 1. The van der Waals surface area contributed by atoms with E-state index < -0.39 is 0 Å². The predicted molar refractivity (Wildman–Crippen MR) is 97.9 cm³/mol. The topological polar surface area (TPSA) is 73.6 Å². The van der Waals surface area contributed by atoms with Gasteiger partial charge in [-0.15, -0.1) is 0 Å². The van der Waals surface area contributed by atoms with Crippen LogP contribution in [0.5, 0.6) is 17.2 Å². The maximum Gasteiger partial charge on any atom is 0.262 e. The van der Waals surface area contributed by atoms with E-state index in [2.05, 4.69) is 5.32 Å². The van der Waals surface area contributed by atoms with E-state index in [1.807, 2.05) is 48.5 Å². The molecule has 0 aromatic heterocycles. The van der Waals surface area contributed by atoms with Crippen molar-refractivity contribution in [1.82, 2.24) is 0 Å². The number of anilines is 2. The van der Waals surface area contributed by atoms with Gasteiger partial charge in [-0.1, -0.05) is 36.4 Å². The van der Waals surface area contributed by atoms with E-state index in [0.717, 1.165) is 0 Å². The number of carbonyl (C=O) groups is 1. The maximum atomic E-state index is 12.0. The van der Waals surface area contributed by atoms with Gasteiger partial charge in [-0.05, 0) is 36.4 Å². The molecule has 0 heterocycles. The van der Waals surface area contributed by atoms with E-state index in [9.17, 15) is 4.79 Å². The van der Waals surface area contributed by atoms with Gasteiger partial charge >= 0.3 is 0 Å². The van der Waals surface area contributed by atoms with Gasteiger partial charge in [0.05, 0.1) is 5.69 Å². The Kier molecular flexibility index (Phi) is 5.16. The number of rotatable bonds is 6. The second-order valence-electron chi connectivity index (χ2n) is 5.32. The number of hydrogen-bond acceptors (Lipinski definition) is 4. The quantitative estimate of drug-likeness (QED) is 0.666. The molecule has 0 bridgehead atoms. The van der Waals surface area contributed by atoms with Gasteiger partial charge in [0.25, 0.3) is 5.91 Å². The summed E-state index contributed by atoms with van der Waals surface area (Å²) in [5.41, 5.74) is 7.06. The first kappa shape index (κ1) is 16.4. The highest BCUT2D eigenvalue weighted by Crippen LogP contribution is 2.30. The average molecular weight is 334 g/mol. The summed E-state index contributed by atoms with van der Waals surface area (Å²) >= 11 is 0. The maximum absolute atomic E-state index is 12.0. The highest BCUT2D eigenvalue weighted by molar-refractivity contribution is 5.91. The molecule has 5 heteroatoms. The predicted octanol–water partition coefficient (Wildman–Crippen LogP) is 4.08. The molecule has 0 aliphatic heterocycles. The summed E-state index contributed by atoms with van der Waals surface area (Å²) in [7, 11) is 0. The monoisotopic (exact) mass is 334 g/mol. The van der Waals surface area contributed by atoms with Crippen LogP contribution in [-0.2, 0) is 4.79 Å². The fourth-order valence-electron chi connectivity index (χ4n) is 2.19. The van der Waals surface area contributed by atoms with Crippen LogP contribution in [0.1, 0.15) is 0 Å². The number of nitrogen functional groups attached to an aromatic ring is 1. The number of para-hydroxylation sites is 2. The summed E-state index contributed by atoms with van der Waals surface area (Å²) in [5, 5.41) is 2.75. The molecular weight excluding hydrogens is 316 g/mol. The molecule has 1 amide bonds. The van der Waals surface area contributed by atoms with E-state index in [-0.39, 0.29) is 12.5 Å². The summed E-state index contributed by atoms with van der Waals surface area (Å²) in [5.74, 6) is 1.43. The summed E-state index contributed by atoms with van der Waals surface area (Å²) in [6.07, 6.45) is 0. The Hall–Kier alpha value is -3.47. The van der Waals surface area contributed by atoms with E-state index in [0.29, 0.717) is 28.6 Å². The first-order valence-corrected chi connectivity index (χ1v) is 7.81. The van der Waals surface area contributed by atoms with Crippen LogP contribution < -0.4 is 20.5 Å². The lowest BCUT2D eigenvalue weighted by molar-refractivity contribution is -0.118. The third-order valence-corrected chi connectivity index (χ3v) is 3.38. The Bertz CT molecular complexity index is 836. The third kappa shape index (κ3) is 4.75. The summed E-state index contributed by atoms with van der Waals surface area (Å²) in [6, 6.07) is 23.7. The summed E-state index contributed by atoms with van der Waals surface area (Å²) in [4.78, 5) is 12.0. The van der Waals surface area contributed by atoms with Crippen molar-refractivity contribution in [1.29, 1.82) is 0 Å². The fourth-order valence-corrected chi connectivity index (χ4v) is 2.19. The van der Waals surface area contributed by atoms with E-state index in [4.69, 9.17) is 15.2 Å². The van der Waals surface area contributed by atoms with Crippen molar-refractivity contribution in [3.63, 3.8) is 0 Å². The van der Waals surface area contributed by atoms with Crippen LogP contribution in [0.25, 0.3) is 0 Å². The highest BCUT2D eigenvalue weighted by atomic mass is 16.5. The molecule has 0 radical (unpaired) electrons. The zero-order valence-corrected chi connectivity index (χ0v) is 13.5. The molecule has 3 aromatic rings. The SMILES string of the molecule is Nc1ccc(Oc2ccccc2)cc1OCC(=O)Nc1ccccc1. The molecule has 0 aliphatic carbocycles. The number of amides is 1. The minimum Gasteiger partial charge on any atom is -0.481 e. The molecule has 0 spiro atoms. The minimum absolute atomic E-state index is 0.145. The van der Waals surface area contributed by atoms with Crippen LogP contribution >= 0.6 is 0 Å². The smallest absolute Gasteiger partial charge is 0.262 e. The van der Waals surface area contributed by atoms with E-state index >= 15 is 0 Å². The van der Waals surface area contributed by atoms with Crippen molar-refractivity contribution < 1.29 is 14.3 Å². The Balaban J connectivity index is 1.62. The second-order valence-corrected chi connectivity index (χ2v) is 5.32. The average Bonchev–Trinajstić information content (AvgIpc) is 2.64. The number of ether oxygens (including phenoxy) is 2. The molecule has 5 nitrogen and oxygen atoms in total. The van der Waals surface area contributed by atoms with Gasteiger partial charge in [0.1, 0.15) is 17.2 Å². The van der Waals surface area contributed by atoms with Crippen molar-refractivity contribution in [2.24, 2.45) is 0 Å². The molecule has 3 N–H and O–H groups in total. The summed E-state index contributed by atoms with van der Waals surface area (Å²) in [6.45, 7) is -0.145.